The molecule has 122 valence electrons. The number of rotatable bonds is 8. The van der Waals surface area contributed by atoms with Gasteiger partial charge in [0.25, 0.3) is 0 Å². The van der Waals surface area contributed by atoms with Crippen molar-refractivity contribution in [1.82, 2.24) is 5.32 Å². The summed E-state index contributed by atoms with van der Waals surface area (Å²) in [6, 6.07) is 8.29. The van der Waals surface area contributed by atoms with Crippen molar-refractivity contribution in [3.05, 3.63) is 35.4 Å². The predicted molar refractivity (Wildman–Crippen MR) is 90.0 cm³/mol. The number of benzene rings is 1. The van der Waals surface area contributed by atoms with Gasteiger partial charge < -0.3 is 10.1 Å². The Labute approximate surface area is 134 Å². The van der Waals surface area contributed by atoms with Crippen molar-refractivity contribution in [3.8, 4) is 0 Å². The molecule has 1 aromatic rings. The Balaban J connectivity index is 1.55. The molecule has 0 unspecified atom stereocenters. The fourth-order valence-electron chi connectivity index (χ4n) is 2.92. The third-order valence-corrected chi connectivity index (χ3v) is 4.34. The summed E-state index contributed by atoms with van der Waals surface area (Å²) in [6.07, 6.45) is 9.24. The van der Waals surface area contributed by atoms with E-state index in [4.69, 9.17) is 4.74 Å². The third kappa shape index (κ3) is 6.18. The van der Waals surface area contributed by atoms with Crippen molar-refractivity contribution in [1.29, 1.82) is 0 Å². The molecular formula is C19H29NO2. The Hall–Kier alpha value is -1.35. The molecule has 0 spiro atoms. The molecule has 1 saturated carbocycles. The highest BCUT2D eigenvalue weighted by Gasteiger charge is 2.13. The molecule has 0 aliphatic heterocycles. The molecule has 3 heteroatoms. The molecule has 1 fully saturated rings. The molecule has 0 heterocycles. The first-order valence-corrected chi connectivity index (χ1v) is 8.74. The minimum atomic E-state index is 0.0990. The van der Waals surface area contributed by atoms with Gasteiger partial charge in [0.15, 0.2) is 0 Å². The first kappa shape index (κ1) is 17.0. The number of carbonyl (C=O) groups excluding carboxylic acids is 1. The summed E-state index contributed by atoms with van der Waals surface area (Å²) in [4.78, 5) is 11.9. The molecule has 0 saturated heterocycles. The first-order chi connectivity index (χ1) is 10.8. The molecule has 1 aromatic carbocycles. The molecule has 3 nitrogen and oxygen atoms in total. The minimum absolute atomic E-state index is 0.0990. The normalized spacial score (nSPS) is 15.7. The largest absolute Gasteiger partial charge is 0.378 e. The van der Waals surface area contributed by atoms with E-state index >= 15 is 0 Å². The minimum Gasteiger partial charge on any atom is -0.378 e. The van der Waals surface area contributed by atoms with E-state index in [1.165, 1.54) is 37.7 Å². The maximum atomic E-state index is 11.9. The Kier molecular flexibility index (Phi) is 7.44. The van der Waals surface area contributed by atoms with E-state index in [0.717, 1.165) is 25.0 Å². The summed E-state index contributed by atoms with van der Waals surface area (Å²) in [5.74, 6) is 0.0990. The van der Waals surface area contributed by atoms with Crippen LogP contribution in [-0.4, -0.2) is 25.2 Å². The average molecular weight is 303 g/mol. The molecule has 1 N–H and O–H groups in total. The molecule has 1 aliphatic rings. The number of amides is 1. The van der Waals surface area contributed by atoms with Gasteiger partial charge in [0, 0.05) is 13.2 Å². The summed E-state index contributed by atoms with van der Waals surface area (Å²) in [7, 11) is 0. The highest BCUT2D eigenvalue weighted by Crippen LogP contribution is 2.20. The quantitative estimate of drug-likeness (QED) is 0.745. The van der Waals surface area contributed by atoms with E-state index in [9.17, 15) is 4.79 Å². The lowest BCUT2D eigenvalue weighted by atomic mass is 9.98. The highest BCUT2D eigenvalue weighted by atomic mass is 16.5. The molecular weight excluding hydrogens is 274 g/mol. The van der Waals surface area contributed by atoms with E-state index in [-0.39, 0.29) is 5.91 Å². The fraction of sp³-hybridized carbons (Fsp3) is 0.632. The van der Waals surface area contributed by atoms with Crippen LogP contribution < -0.4 is 5.32 Å². The summed E-state index contributed by atoms with van der Waals surface area (Å²) < 4.78 is 5.86. The number of aryl methyl sites for hydroxylation is 1. The predicted octanol–water partition coefficient (Wildman–Crippen LogP) is 3.65. The van der Waals surface area contributed by atoms with Crippen LogP contribution in [0.15, 0.2) is 24.3 Å². The third-order valence-electron chi connectivity index (χ3n) is 4.34. The second-order valence-corrected chi connectivity index (χ2v) is 6.18. The number of hydrogen-bond donors (Lipinski definition) is 1. The van der Waals surface area contributed by atoms with Gasteiger partial charge in [-0.05, 0) is 36.8 Å². The molecule has 22 heavy (non-hydrogen) atoms. The van der Waals surface area contributed by atoms with Crippen LogP contribution in [0.4, 0.5) is 0 Å². The van der Waals surface area contributed by atoms with Crippen LogP contribution in [0, 0.1) is 0 Å². The highest BCUT2D eigenvalue weighted by molar-refractivity contribution is 5.78. The van der Waals surface area contributed by atoms with Crippen molar-refractivity contribution in [2.24, 2.45) is 0 Å². The Morgan fingerprint density at radius 1 is 1.14 bits per heavy atom. The maximum absolute atomic E-state index is 11.9. The zero-order valence-corrected chi connectivity index (χ0v) is 13.8. The van der Waals surface area contributed by atoms with Gasteiger partial charge in [-0.15, -0.1) is 0 Å². The van der Waals surface area contributed by atoms with Gasteiger partial charge in [0.05, 0.1) is 12.5 Å². The zero-order chi connectivity index (χ0) is 15.6. The van der Waals surface area contributed by atoms with Gasteiger partial charge in [0.1, 0.15) is 0 Å². The Morgan fingerprint density at radius 2 is 1.82 bits per heavy atom. The van der Waals surface area contributed by atoms with Crippen LogP contribution >= 0.6 is 0 Å². The summed E-state index contributed by atoms with van der Waals surface area (Å²) in [5.41, 5.74) is 2.39. The van der Waals surface area contributed by atoms with Gasteiger partial charge in [-0.1, -0.05) is 50.5 Å². The number of nitrogens with one attached hydrogen (secondary N) is 1. The summed E-state index contributed by atoms with van der Waals surface area (Å²) >= 11 is 0. The van der Waals surface area contributed by atoms with E-state index in [2.05, 4.69) is 24.4 Å². The van der Waals surface area contributed by atoms with Crippen molar-refractivity contribution in [3.63, 3.8) is 0 Å². The molecule has 0 atom stereocenters. The lowest BCUT2D eigenvalue weighted by Gasteiger charge is -2.21. The van der Waals surface area contributed by atoms with E-state index in [1.54, 1.807) is 0 Å². The smallest absolute Gasteiger partial charge is 0.224 e. The summed E-state index contributed by atoms with van der Waals surface area (Å²) in [5, 5.41) is 2.98. The second-order valence-electron chi connectivity index (χ2n) is 6.18. The number of hydrogen-bond acceptors (Lipinski definition) is 2. The topological polar surface area (TPSA) is 38.3 Å². The van der Waals surface area contributed by atoms with Crippen LogP contribution in [0.2, 0.25) is 0 Å². The van der Waals surface area contributed by atoms with Crippen LogP contribution in [0.25, 0.3) is 0 Å². The maximum Gasteiger partial charge on any atom is 0.224 e. The number of ether oxygens (including phenoxy) is 1. The SMILES string of the molecule is CCc1ccc(CC(=O)NCCCOC2CCCCC2)cc1. The monoisotopic (exact) mass is 303 g/mol. The van der Waals surface area contributed by atoms with Gasteiger partial charge in [-0.25, -0.2) is 0 Å². The second kappa shape index (κ2) is 9.62. The van der Waals surface area contributed by atoms with Gasteiger partial charge in [-0.3, -0.25) is 4.79 Å². The first-order valence-electron chi connectivity index (χ1n) is 8.74. The molecule has 2 rings (SSSR count). The van der Waals surface area contributed by atoms with E-state index in [0.29, 0.717) is 19.1 Å². The van der Waals surface area contributed by atoms with Crippen molar-refractivity contribution in [2.75, 3.05) is 13.2 Å². The standard InChI is InChI=1S/C19H29NO2/c1-2-16-9-11-17(12-10-16)15-19(21)20-13-6-14-22-18-7-4-3-5-8-18/h9-12,18H,2-8,13-15H2,1H3,(H,20,21). The average Bonchev–Trinajstić information content (AvgIpc) is 2.56. The van der Waals surface area contributed by atoms with Gasteiger partial charge in [-0.2, -0.15) is 0 Å². The fourth-order valence-corrected chi connectivity index (χ4v) is 2.92. The summed E-state index contributed by atoms with van der Waals surface area (Å²) in [6.45, 7) is 3.60. The van der Waals surface area contributed by atoms with E-state index in [1.807, 2.05) is 12.1 Å². The van der Waals surface area contributed by atoms with Crippen LogP contribution in [0.1, 0.15) is 56.6 Å². The Morgan fingerprint density at radius 3 is 2.50 bits per heavy atom. The molecule has 1 aliphatic carbocycles. The van der Waals surface area contributed by atoms with Crippen molar-refractivity contribution >= 4 is 5.91 Å². The van der Waals surface area contributed by atoms with Gasteiger partial charge >= 0.3 is 0 Å². The molecule has 1 amide bonds. The Bertz CT molecular complexity index is 435. The van der Waals surface area contributed by atoms with Crippen molar-refractivity contribution < 1.29 is 9.53 Å². The van der Waals surface area contributed by atoms with Gasteiger partial charge in [0.2, 0.25) is 5.91 Å². The molecule has 0 bridgehead atoms. The van der Waals surface area contributed by atoms with E-state index < -0.39 is 0 Å². The van der Waals surface area contributed by atoms with Crippen LogP contribution in [0.3, 0.4) is 0 Å². The lowest BCUT2D eigenvalue weighted by molar-refractivity contribution is -0.120. The number of carbonyl (C=O) groups is 1. The van der Waals surface area contributed by atoms with Crippen LogP contribution in [0.5, 0.6) is 0 Å². The molecule has 0 aromatic heterocycles. The van der Waals surface area contributed by atoms with Crippen LogP contribution in [-0.2, 0) is 22.4 Å². The molecule has 0 radical (unpaired) electrons. The van der Waals surface area contributed by atoms with Crippen molar-refractivity contribution in [2.45, 2.75) is 64.4 Å². The zero-order valence-electron chi connectivity index (χ0n) is 13.8. The lowest BCUT2D eigenvalue weighted by Crippen LogP contribution is -2.27.